The van der Waals surface area contributed by atoms with Gasteiger partial charge in [-0.25, -0.2) is 0 Å². The zero-order valence-electron chi connectivity index (χ0n) is 16.3. The van der Waals surface area contributed by atoms with Crippen LogP contribution in [0.15, 0.2) is 53.1 Å². The fourth-order valence-corrected chi connectivity index (χ4v) is 3.74. The number of furan rings is 1. The third kappa shape index (κ3) is 2.82. The van der Waals surface area contributed by atoms with E-state index in [1.54, 1.807) is 0 Å². The molecule has 2 aromatic carbocycles. The van der Waals surface area contributed by atoms with Gasteiger partial charge in [0.05, 0.1) is 6.26 Å². The molecule has 0 radical (unpaired) electrons. The van der Waals surface area contributed by atoms with Crippen molar-refractivity contribution in [3.05, 3.63) is 82.3 Å². The molecule has 0 fully saturated rings. The molecule has 0 saturated heterocycles. The molecule has 0 saturated carbocycles. The molecule has 26 heavy (non-hydrogen) atoms. The van der Waals surface area contributed by atoms with E-state index in [0.29, 0.717) is 0 Å². The number of fused-ring (bicyclic) bond motifs is 1. The molecule has 3 aromatic rings. The highest BCUT2D eigenvalue weighted by atomic mass is 16.3. The number of aryl methyl sites for hydroxylation is 1. The third-order valence-corrected chi connectivity index (χ3v) is 5.54. The smallest absolute Gasteiger partial charge is 0.133 e. The second-order valence-corrected chi connectivity index (χ2v) is 8.42. The number of allylic oxidation sites excluding steroid dienone is 1. The zero-order chi connectivity index (χ0) is 18.5. The van der Waals surface area contributed by atoms with Crippen molar-refractivity contribution in [2.24, 2.45) is 0 Å². The maximum Gasteiger partial charge on any atom is 0.133 e. The van der Waals surface area contributed by atoms with Crippen LogP contribution in [0, 0.1) is 13.8 Å². The van der Waals surface area contributed by atoms with Gasteiger partial charge < -0.3 is 4.42 Å². The molecule has 1 heteroatoms. The molecule has 4 rings (SSSR count). The first-order valence-electron chi connectivity index (χ1n) is 9.33. The average molecular weight is 342 g/mol. The summed E-state index contributed by atoms with van der Waals surface area (Å²) >= 11 is 0. The first-order valence-corrected chi connectivity index (χ1v) is 9.33. The summed E-state index contributed by atoms with van der Waals surface area (Å²) in [5.41, 5.74) is 10.6. The van der Waals surface area contributed by atoms with Gasteiger partial charge in [-0.1, -0.05) is 63.2 Å². The normalized spacial score (nSPS) is 13.7. The molecule has 1 aromatic heterocycles. The van der Waals surface area contributed by atoms with Crippen molar-refractivity contribution < 1.29 is 4.42 Å². The summed E-state index contributed by atoms with van der Waals surface area (Å²) in [7, 11) is 0. The van der Waals surface area contributed by atoms with Gasteiger partial charge in [-0.3, -0.25) is 0 Å². The summed E-state index contributed by atoms with van der Waals surface area (Å²) in [5.74, 6) is 1.03. The van der Waals surface area contributed by atoms with Gasteiger partial charge in [-0.2, -0.15) is 0 Å². The Kier molecular flexibility index (Phi) is 3.91. The summed E-state index contributed by atoms with van der Waals surface area (Å²) in [6.07, 6.45) is 5.12. The predicted molar refractivity (Wildman–Crippen MR) is 110 cm³/mol. The predicted octanol–water partition coefficient (Wildman–Crippen LogP) is 6.96. The van der Waals surface area contributed by atoms with E-state index in [9.17, 15) is 0 Å². The Morgan fingerprint density at radius 2 is 1.65 bits per heavy atom. The lowest BCUT2D eigenvalue weighted by molar-refractivity contribution is 0.548. The molecule has 0 amide bonds. The minimum Gasteiger partial charge on any atom is -0.464 e. The van der Waals surface area contributed by atoms with Crippen molar-refractivity contribution in [3.8, 4) is 11.1 Å². The molecule has 0 aliphatic heterocycles. The van der Waals surface area contributed by atoms with Crippen LogP contribution in [0.4, 0.5) is 0 Å². The van der Waals surface area contributed by atoms with Crippen LogP contribution in [0.25, 0.3) is 22.8 Å². The molecule has 0 unspecified atom stereocenters. The van der Waals surface area contributed by atoms with Gasteiger partial charge in [0.1, 0.15) is 5.76 Å². The molecule has 0 bridgehead atoms. The van der Waals surface area contributed by atoms with Crippen molar-refractivity contribution in [3.63, 3.8) is 0 Å². The van der Waals surface area contributed by atoms with Crippen LogP contribution >= 0.6 is 0 Å². The molecular weight excluding hydrogens is 316 g/mol. The van der Waals surface area contributed by atoms with Gasteiger partial charge in [-0.15, -0.1) is 0 Å². The molecular formula is C25H26O. The molecule has 0 spiro atoms. The molecule has 1 heterocycles. The van der Waals surface area contributed by atoms with Gasteiger partial charge in [-0.05, 0) is 64.3 Å². The quantitative estimate of drug-likeness (QED) is 0.491. The molecule has 0 N–H and O–H groups in total. The summed E-state index contributed by atoms with van der Waals surface area (Å²) in [4.78, 5) is 0. The first kappa shape index (κ1) is 16.9. The van der Waals surface area contributed by atoms with Gasteiger partial charge in [0.2, 0.25) is 0 Å². The summed E-state index contributed by atoms with van der Waals surface area (Å²) in [6, 6.07) is 15.7. The largest absolute Gasteiger partial charge is 0.464 e. The van der Waals surface area contributed by atoms with Crippen LogP contribution in [0.3, 0.4) is 0 Å². The van der Waals surface area contributed by atoms with Gasteiger partial charge in [0.15, 0.2) is 0 Å². The van der Waals surface area contributed by atoms with E-state index in [1.165, 1.54) is 44.5 Å². The Morgan fingerprint density at radius 1 is 0.923 bits per heavy atom. The van der Waals surface area contributed by atoms with Gasteiger partial charge in [0, 0.05) is 12.0 Å². The van der Waals surface area contributed by atoms with Gasteiger partial charge in [0.25, 0.3) is 0 Å². The number of hydrogen-bond acceptors (Lipinski definition) is 1. The maximum absolute atomic E-state index is 5.84. The standard InChI is InChI=1S/C25H26O/c1-16-15-26-24(17(16)2)20-13-19-7-6-8-22(23(19)14-20)18-9-11-21(12-10-18)25(3,4)5/h6-12,14-15H,13H2,1-5H3. The topological polar surface area (TPSA) is 13.1 Å². The van der Waals surface area contributed by atoms with Crippen LogP contribution in [-0.4, -0.2) is 0 Å². The summed E-state index contributed by atoms with van der Waals surface area (Å²) < 4.78 is 5.84. The van der Waals surface area contributed by atoms with Crippen molar-refractivity contribution in [1.82, 2.24) is 0 Å². The highest BCUT2D eigenvalue weighted by Crippen LogP contribution is 2.39. The number of rotatable bonds is 2. The Bertz CT molecular complexity index is 992. The Labute approximate surface area is 156 Å². The van der Waals surface area contributed by atoms with Crippen molar-refractivity contribution in [1.29, 1.82) is 0 Å². The highest BCUT2D eigenvalue weighted by Gasteiger charge is 2.21. The molecule has 1 nitrogen and oxygen atoms in total. The lowest BCUT2D eigenvalue weighted by atomic mass is 9.86. The number of hydrogen-bond donors (Lipinski definition) is 0. The molecule has 132 valence electrons. The Morgan fingerprint density at radius 3 is 2.27 bits per heavy atom. The number of benzene rings is 2. The van der Waals surface area contributed by atoms with Crippen molar-refractivity contribution in [2.75, 3.05) is 0 Å². The average Bonchev–Trinajstić information content (AvgIpc) is 3.18. The van der Waals surface area contributed by atoms with E-state index in [0.717, 1.165) is 12.2 Å². The molecule has 1 aliphatic carbocycles. The zero-order valence-corrected chi connectivity index (χ0v) is 16.3. The van der Waals surface area contributed by atoms with E-state index >= 15 is 0 Å². The van der Waals surface area contributed by atoms with E-state index in [1.807, 2.05) is 6.26 Å². The van der Waals surface area contributed by atoms with Crippen LogP contribution in [0.2, 0.25) is 0 Å². The van der Waals surface area contributed by atoms with Crippen LogP contribution in [0.1, 0.15) is 54.3 Å². The first-order chi connectivity index (χ1) is 12.3. The third-order valence-electron chi connectivity index (χ3n) is 5.54. The summed E-state index contributed by atoms with van der Waals surface area (Å²) in [6.45, 7) is 11.0. The second kappa shape index (κ2) is 6.02. The Balaban J connectivity index is 1.76. The summed E-state index contributed by atoms with van der Waals surface area (Å²) in [5, 5.41) is 0. The fourth-order valence-electron chi connectivity index (χ4n) is 3.74. The SMILES string of the molecule is Cc1coc(C2=Cc3c(cccc3-c3ccc(C(C)(C)C)cc3)C2)c1C. The Hall–Kier alpha value is -2.54. The fraction of sp³-hybridized carbons (Fsp3) is 0.280. The van der Waals surface area contributed by atoms with Crippen LogP contribution in [-0.2, 0) is 11.8 Å². The van der Waals surface area contributed by atoms with Gasteiger partial charge >= 0.3 is 0 Å². The lowest BCUT2D eigenvalue weighted by Gasteiger charge is -2.19. The van der Waals surface area contributed by atoms with E-state index in [-0.39, 0.29) is 5.41 Å². The molecule has 1 aliphatic rings. The van der Waals surface area contributed by atoms with E-state index < -0.39 is 0 Å². The highest BCUT2D eigenvalue weighted by molar-refractivity contribution is 5.93. The van der Waals surface area contributed by atoms with Crippen LogP contribution in [0.5, 0.6) is 0 Å². The van der Waals surface area contributed by atoms with Crippen molar-refractivity contribution >= 4 is 11.6 Å². The van der Waals surface area contributed by atoms with E-state index in [4.69, 9.17) is 4.42 Å². The van der Waals surface area contributed by atoms with Crippen LogP contribution < -0.4 is 0 Å². The monoisotopic (exact) mass is 342 g/mol. The second-order valence-electron chi connectivity index (χ2n) is 8.42. The minimum atomic E-state index is 0.179. The maximum atomic E-state index is 5.84. The minimum absolute atomic E-state index is 0.179. The molecule has 0 atom stereocenters. The van der Waals surface area contributed by atoms with Crippen molar-refractivity contribution in [2.45, 2.75) is 46.5 Å². The lowest BCUT2D eigenvalue weighted by Crippen LogP contribution is -2.10. The van der Waals surface area contributed by atoms with E-state index in [2.05, 4.69) is 83.2 Å².